The highest BCUT2D eigenvalue weighted by molar-refractivity contribution is 9.10. The van der Waals surface area contributed by atoms with E-state index in [0.717, 1.165) is 10.0 Å². The third-order valence-corrected chi connectivity index (χ3v) is 3.93. The quantitative estimate of drug-likeness (QED) is 0.687. The van der Waals surface area contributed by atoms with Crippen LogP contribution in [0.5, 0.6) is 5.75 Å². The first kappa shape index (κ1) is 15.3. The van der Waals surface area contributed by atoms with Crippen LogP contribution in [0.15, 0.2) is 40.9 Å². The molecule has 0 aliphatic heterocycles. The summed E-state index contributed by atoms with van der Waals surface area (Å²) >= 11 is 3.41. The maximum Gasteiger partial charge on any atom is 0.149 e. The van der Waals surface area contributed by atoms with Gasteiger partial charge >= 0.3 is 0 Å². The number of H-pyrrole nitrogens is 1. The number of benzene rings is 2. The molecule has 0 spiro atoms. The second-order valence-corrected chi connectivity index (χ2v) is 5.67. The van der Waals surface area contributed by atoms with E-state index < -0.39 is 0 Å². The van der Waals surface area contributed by atoms with Crippen LogP contribution in [0.2, 0.25) is 0 Å². The number of halogens is 2. The van der Waals surface area contributed by atoms with Crippen molar-refractivity contribution in [3.8, 4) is 11.8 Å². The number of methoxy groups -OCH3 is 1. The molecule has 4 nitrogen and oxygen atoms in total. The van der Waals surface area contributed by atoms with Crippen LogP contribution in [0.1, 0.15) is 11.4 Å². The van der Waals surface area contributed by atoms with Crippen LogP contribution in [0.4, 0.5) is 4.39 Å². The molecular formula is C17H11BrFN3O. The molecule has 0 bridgehead atoms. The Balaban J connectivity index is 2.04. The van der Waals surface area contributed by atoms with Crippen LogP contribution in [0, 0.1) is 17.1 Å². The maximum absolute atomic E-state index is 13.2. The molecule has 114 valence electrons. The van der Waals surface area contributed by atoms with E-state index in [0.29, 0.717) is 28.2 Å². The summed E-state index contributed by atoms with van der Waals surface area (Å²) in [5.41, 5.74) is 2.34. The minimum Gasteiger partial charge on any atom is -0.496 e. The first-order chi connectivity index (χ1) is 11.1. The number of ether oxygens (including phenoxy) is 1. The van der Waals surface area contributed by atoms with Gasteiger partial charge in [-0.2, -0.15) is 5.26 Å². The van der Waals surface area contributed by atoms with Crippen LogP contribution in [0.3, 0.4) is 0 Å². The van der Waals surface area contributed by atoms with E-state index in [1.807, 2.05) is 12.1 Å². The van der Waals surface area contributed by atoms with Gasteiger partial charge in [-0.1, -0.05) is 6.07 Å². The van der Waals surface area contributed by atoms with Crippen molar-refractivity contribution < 1.29 is 9.13 Å². The van der Waals surface area contributed by atoms with Gasteiger partial charge in [0.25, 0.3) is 0 Å². The van der Waals surface area contributed by atoms with E-state index in [4.69, 9.17) is 4.74 Å². The van der Waals surface area contributed by atoms with Gasteiger partial charge in [0.2, 0.25) is 0 Å². The average Bonchev–Trinajstić information content (AvgIpc) is 2.95. The highest BCUT2D eigenvalue weighted by Gasteiger charge is 2.09. The molecule has 0 unspecified atom stereocenters. The van der Waals surface area contributed by atoms with Crippen LogP contribution in [0.25, 0.3) is 22.7 Å². The molecular weight excluding hydrogens is 361 g/mol. The van der Waals surface area contributed by atoms with E-state index in [2.05, 4.69) is 32.0 Å². The van der Waals surface area contributed by atoms with Crippen molar-refractivity contribution in [2.75, 3.05) is 7.11 Å². The van der Waals surface area contributed by atoms with Crippen molar-refractivity contribution in [1.82, 2.24) is 9.97 Å². The van der Waals surface area contributed by atoms with E-state index in [1.54, 1.807) is 25.3 Å². The van der Waals surface area contributed by atoms with E-state index in [-0.39, 0.29) is 5.82 Å². The topological polar surface area (TPSA) is 61.7 Å². The summed E-state index contributed by atoms with van der Waals surface area (Å²) in [4.78, 5) is 7.29. The lowest BCUT2D eigenvalue weighted by Crippen LogP contribution is -1.87. The van der Waals surface area contributed by atoms with Crippen molar-refractivity contribution >= 4 is 38.6 Å². The molecule has 2 aromatic carbocycles. The molecule has 3 rings (SSSR count). The first-order valence-electron chi connectivity index (χ1n) is 6.71. The monoisotopic (exact) mass is 371 g/mol. The summed E-state index contributed by atoms with van der Waals surface area (Å²) in [7, 11) is 1.59. The Morgan fingerprint density at radius 3 is 2.87 bits per heavy atom. The molecule has 0 saturated heterocycles. The normalized spacial score (nSPS) is 11.5. The Morgan fingerprint density at radius 2 is 2.17 bits per heavy atom. The standard InChI is InChI=1S/C17H11BrFN3O/c1-23-16-5-2-10(7-13(16)18)6-11(9-20)17-21-14-4-3-12(19)8-15(14)22-17/h2-8H,1H3,(H,21,22)/b11-6-. The Bertz CT molecular complexity index is 956. The number of imidazole rings is 1. The molecule has 3 aromatic rings. The fraction of sp³-hybridized carbons (Fsp3) is 0.0588. The van der Waals surface area contributed by atoms with E-state index in [1.165, 1.54) is 12.1 Å². The number of allylic oxidation sites excluding steroid dienone is 1. The number of hydrogen-bond donors (Lipinski definition) is 1. The number of nitrogens with zero attached hydrogens (tertiary/aromatic N) is 2. The minimum absolute atomic E-state index is 0.353. The summed E-state index contributed by atoms with van der Waals surface area (Å²) < 4.78 is 19.2. The highest BCUT2D eigenvalue weighted by Crippen LogP contribution is 2.27. The molecule has 0 aliphatic carbocycles. The molecule has 1 N–H and O–H groups in total. The Kier molecular flexibility index (Phi) is 4.13. The Morgan fingerprint density at radius 1 is 1.35 bits per heavy atom. The SMILES string of the molecule is COc1ccc(/C=C(/C#N)c2nc3ccc(F)cc3[nH]2)cc1Br. The Hall–Kier alpha value is -2.65. The predicted molar refractivity (Wildman–Crippen MR) is 90.2 cm³/mol. The summed E-state index contributed by atoms with van der Waals surface area (Å²) in [5, 5.41) is 9.40. The number of nitriles is 1. The number of fused-ring (bicyclic) bond motifs is 1. The van der Waals surface area contributed by atoms with Crippen LogP contribution in [-0.2, 0) is 0 Å². The maximum atomic E-state index is 13.2. The van der Waals surface area contributed by atoms with Gasteiger partial charge in [-0.25, -0.2) is 9.37 Å². The Labute approximate surface area is 140 Å². The number of aromatic nitrogens is 2. The highest BCUT2D eigenvalue weighted by atomic mass is 79.9. The second-order valence-electron chi connectivity index (χ2n) is 4.81. The zero-order valence-corrected chi connectivity index (χ0v) is 13.7. The molecule has 0 fully saturated rings. The van der Waals surface area contributed by atoms with Gasteiger partial charge in [-0.15, -0.1) is 0 Å². The largest absolute Gasteiger partial charge is 0.496 e. The van der Waals surface area contributed by atoms with Gasteiger partial charge in [0, 0.05) is 0 Å². The number of aromatic amines is 1. The second kappa shape index (κ2) is 6.23. The average molecular weight is 372 g/mol. The van der Waals surface area contributed by atoms with Gasteiger partial charge < -0.3 is 9.72 Å². The van der Waals surface area contributed by atoms with Gasteiger partial charge in [0.15, 0.2) is 0 Å². The van der Waals surface area contributed by atoms with E-state index >= 15 is 0 Å². The molecule has 23 heavy (non-hydrogen) atoms. The van der Waals surface area contributed by atoms with E-state index in [9.17, 15) is 9.65 Å². The minimum atomic E-state index is -0.353. The predicted octanol–water partition coefficient (Wildman–Crippen LogP) is 4.54. The van der Waals surface area contributed by atoms with Crippen LogP contribution < -0.4 is 4.74 Å². The van der Waals surface area contributed by atoms with Gasteiger partial charge in [-0.05, 0) is 57.9 Å². The molecule has 0 saturated carbocycles. The molecule has 0 radical (unpaired) electrons. The lowest BCUT2D eigenvalue weighted by molar-refractivity contribution is 0.412. The van der Waals surface area contributed by atoms with Gasteiger partial charge in [-0.3, -0.25) is 0 Å². The number of rotatable bonds is 3. The summed E-state index contributed by atoms with van der Waals surface area (Å²) in [5.74, 6) is 0.759. The molecule has 0 aliphatic rings. The van der Waals surface area contributed by atoms with Crippen molar-refractivity contribution in [3.05, 3.63) is 58.1 Å². The molecule has 0 atom stereocenters. The van der Waals surface area contributed by atoms with Crippen LogP contribution >= 0.6 is 15.9 Å². The van der Waals surface area contributed by atoms with Gasteiger partial charge in [0.05, 0.1) is 28.2 Å². The lowest BCUT2D eigenvalue weighted by atomic mass is 10.1. The van der Waals surface area contributed by atoms with Crippen molar-refractivity contribution in [3.63, 3.8) is 0 Å². The summed E-state index contributed by atoms with van der Waals surface area (Å²) in [6.07, 6.45) is 1.71. The number of hydrogen-bond acceptors (Lipinski definition) is 3. The lowest BCUT2D eigenvalue weighted by Gasteiger charge is -2.03. The van der Waals surface area contributed by atoms with Crippen molar-refractivity contribution in [1.29, 1.82) is 5.26 Å². The third-order valence-electron chi connectivity index (χ3n) is 3.31. The van der Waals surface area contributed by atoms with Crippen molar-refractivity contribution in [2.45, 2.75) is 0 Å². The summed E-state index contributed by atoms with van der Waals surface area (Å²) in [6, 6.07) is 11.9. The van der Waals surface area contributed by atoms with Crippen molar-refractivity contribution in [2.24, 2.45) is 0 Å². The zero-order chi connectivity index (χ0) is 16.4. The molecule has 6 heteroatoms. The first-order valence-corrected chi connectivity index (χ1v) is 7.51. The fourth-order valence-corrected chi connectivity index (χ4v) is 2.76. The zero-order valence-electron chi connectivity index (χ0n) is 12.1. The molecule has 0 amide bonds. The fourth-order valence-electron chi connectivity index (χ4n) is 2.20. The molecule has 1 heterocycles. The third kappa shape index (κ3) is 3.10. The van der Waals surface area contributed by atoms with Gasteiger partial charge in [0.1, 0.15) is 23.5 Å². The smallest absolute Gasteiger partial charge is 0.149 e. The summed E-state index contributed by atoms with van der Waals surface area (Å²) in [6.45, 7) is 0. The molecule has 1 aromatic heterocycles. The number of nitrogens with one attached hydrogen (secondary N) is 1. The van der Waals surface area contributed by atoms with Crippen LogP contribution in [-0.4, -0.2) is 17.1 Å².